The second kappa shape index (κ2) is 8.68. The molecule has 2 N–H and O–H groups in total. The number of aryl methyl sites for hydroxylation is 1. The van der Waals surface area contributed by atoms with Gasteiger partial charge in [0, 0.05) is 30.2 Å². The van der Waals surface area contributed by atoms with Crippen molar-refractivity contribution >= 4 is 28.9 Å². The van der Waals surface area contributed by atoms with Gasteiger partial charge in [0.25, 0.3) is 0 Å². The van der Waals surface area contributed by atoms with Crippen LogP contribution in [0, 0.1) is 19.3 Å². The molecule has 1 aliphatic heterocycles. The van der Waals surface area contributed by atoms with Crippen molar-refractivity contribution in [1.29, 1.82) is 0 Å². The van der Waals surface area contributed by atoms with Crippen molar-refractivity contribution < 1.29 is 9.59 Å². The molecule has 1 fully saturated rings. The Bertz CT molecular complexity index is 881. The van der Waals surface area contributed by atoms with Crippen LogP contribution in [0.25, 0.3) is 0 Å². The number of nitrogens with one attached hydrogen (secondary N) is 2. The van der Waals surface area contributed by atoms with Crippen LogP contribution in [-0.2, 0) is 9.59 Å². The Balaban J connectivity index is 1.65. The fourth-order valence-electron chi connectivity index (χ4n) is 3.46. The summed E-state index contributed by atoms with van der Waals surface area (Å²) < 4.78 is 0. The van der Waals surface area contributed by atoms with Crippen molar-refractivity contribution in [2.75, 3.05) is 28.6 Å². The lowest BCUT2D eigenvalue weighted by Gasteiger charge is -2.29. The molecule has 29 heavy (non-hydrogen) atoms. The Morgan fingerprint density at radius 3 is 2.14 bits per heavy atom. The SMILES string of the molecule is Cc1cccc(NC(=O)C(C)(C)C(=O)Nc2ccc(N3CCCCC3)cc2)c1C. The third-order valence-electron chi connectivity index (χ3n) is 5.83. The molecule has 0 saturated carbocycles. The summed E-state index contributed by atoms with van der Waals surface area (Å²) in [4.78, 5) is 28.0. The first-order valence-corrected chi connectivity index (χ1v) is 10.3. The van der Waals surface area contributed by atoms with E-state index in [0.29, 0.717) is 5.69 Å². The molecule has 0 unspecified atom stereocenters. The van der Waals surface area contributed by atoms with Gasteiger partial charge < -0.3 is 15.5 Å². The van der Waals surface area contributed by atoms with Crippen LogP contribution in [0.2, 0.25) is 0 Å². The Morgan fingerprint density at radius 2 is 1.48 bits per heavy atom. The number of rotatable bonds is 5. The molecule has 1 heterocycles. The number of anilines is 3. The molecule has 2 aromatic carbocycles. The van der Waals surface area contributed by atoms with Gasteiger partial charge in [-0.15, -0.1) is 0 Å². The van der Waals surface area contributed by atoms with Gasteiger partial charge in [0.1, 0.15) is 5.41 Å². The van der Waals surface area contributed by atoms with E-state index in [9.17, 15) is 9.59 Å². The van der Waals surface area contributed by atoms with Crippen LogP contribution < -0.4 is 15.5 Å². The van der Waals surface area contributed by atoms with Crippen molar-refractivity contribution in [1.82, 2.24) is 0 Å². The number of amides is 2. The lowest BCUT2D eigenvalue weighted by atomic mass is 9.90. The number of piperidine rings is 1. The second-order valence-electron chi connectivity index (χ2n) is 8.38. The quantitative estimate of drug-likeness (QED) is 0.711. The summed E-state index contributed by atoms with van der Waals surface area (Å²) in [6.45, 7) is 9.41. The van der Waals surface area contributed by atoms with Gasteiger partial charge in [-0.3, -0.25) is 9.59 Å². The predicted octanol–water partition coefficient (Wildman–Crippen LogP) is 4.90. The number of nitrogens with zero attached hydrogens (tertiary/aromatic N) is 1. The lowest BCUT2D eigenvalue weighted by molar-refractivity contribution is -0.135. The highest BCUT2D eigenvalue weighted by Crippen LogP contribution is 2.26. The number of benzene rings is 2. The standard InChI is InChI=1S/C24H31N3O2/c1-17-9-8-10-21(18(17)2)26-23(29)24(3,4)22(28)25-19-11-13-20(14-12-19)27-15-6-5-7-16-27/h8-14H,5-7,15-16H2,1-4H3,(H,25,28)(H,26,29). The molecular weight excluding hydrogens is 362 g/mol. The number of carbonyl (C=O) groups excluding carboxylic acids is 2. The molecule has 3 rings (SSSR count). The maximum Gasteiger partial charge on any atom is 0.239 e. The minimum Gasteiger partial charge on any atom is -0.372 e. The third-order valence-corrected chi connectivity index (χ3v) is 5.83. The predicted molar refractivity (Wildman–Crippen MR) is 119 cm³/mol. The molecule has 0 aliphatic carbocycles. The molecule has 0 atom stereocenters. The first-order valence-electron chi connectivity index (χ1n) is 10.3. The van der Waals surface area contributed by atoms with Gasteiger partial charge in [-0.1, -0.05) is 12.1 Å². The van der Waals surface area contributed by atoms with E-state index in [1.54, 1.807) is 13.8 Å². The van der Waals surface area contributed by atoms with Crippen molar-refractivity contribution in [3.63, 3.8) is 0 Å². The van der Waals surface area contributed by atoms with Crippen LogP contribution in [0.15, 0.2) is 42.5 Å². The summed E-state index contributed by atoms with van der Waals surface area (Å²) in [5, 5.41) is 5.79. The van der Waals surface area contributed by atoms with E-state index in [4.69, 9.17) is 0 Å². The highest BCUT2D eigenvalue weighted by atomic mass is 16.2. The average molecular weight is 394 g/mol. The van der Waals surface area contributed by atoms with Crippen LogP contribution >= 0.6 is 0 Å². The normalized spacial score (nSPS) is 14.4. The number of hydrogen-bond donors (Lipinski definition) is 2. The Kier molecular flexibility index (Phi) is 6.26. The molecule has 0 aromatic heterocycles. The number of hydrogen-bond acceptors (Lipinski definition) is 3. The van der Waals surface area contributed by atoms with Crippen LogP contribution in [0.1, 0.15) is 44.2 Å². The summed E-state index contributed by atoms with van der Waals surface area (Å²) in [5.41, 5.74) is 3.51. The van der Waals surface area contributed by atoms with Crippen molar-refractivity contribution in [3.8, 4) is 0 Å². The van der Waals surface area contributed by atoms with Crippen LogP contribution in [0.4, 0.5) is 17.1 Å². The molecule has 154 valence electrons. The van der Waals surface area contributed by atoms with E-state index < -0.39 is 5.41 Å². The Labute approximate surface area is 173 Å². The van der Waals surface area contributed by atoms with E-state index in [-0.39, 0.29) is 11.8 Å². The first kappa shape index (κ1) is 20.9. The molecule has 0 radical (unpaired) electrons. The summed E-state index contributed by atoms with van der Waals surface area (Å²) in [5.74, 6) is -0.653. The van der Waals surface area contributed by atoms with E-state index >= 15 is 0 Å². The second-order valence-corrected chi connectivity index (χ2v) is 8.38. The van der Waals surface area contributed by atoms with Crippen LogP contribution in [-0.4, -0.2) is 24.9 Å². The molecule has 2 aromatic rings. The van der Waals surface area contributed by atoms with E-state index in [1.165, 1.54) is 24.9 Å². The topological polar surface area (TPSA) is 61.4 Å². The molecular formula is C24H31N3O2. The molecule has 1 saturated heterocycles. The minimum absolute atomic E-state index is 0.325. The zero-order valence-electron chi connectivity index (χ0n) is 17.8. The summed E-state index contributed by atoms with van der Waals surface area (Å²) in [6.07, 6.45) is 3.74. The lowest BCUT2D eigenvalue weighted by Crippen LogP contribution is -2.41. The molecule has 5 nitrogen and oxygen atoms in total. The average Bonchev–Trinajstić information content (AvgIpc) is 2.72. The van der Waals surface area contributed by atoms with Gasteiger partial charge in [0.2, 0.25) is 11.8 Å². The van der Waals surface area contributed by atoms with Crippen molar-refractivity contribution in [3.05, 3.63) is 53.6 Å². The smallest absolute Gasteiger partial charge is 0.239 e. The van der Waals surface area contributed by atoms with E-state index in [2.05, 4.69) is 15.5 Å². The minimum atomic E-state index is -1.21. The van der Waals surface area contributed by atoms with Gasteiger partial charge >= 0.3 is 0 Å². The maximum absolute atomic E-state index is 12.8. The van der Waals surface area contributed by atoms with Crippen LogP contribution in [0.5, 0.6) is 0 Å². The maximum atomic E-state index is 12.8. The highest BCUT2D eigenvalue weighted by molar-refractivity contribution is 6.14. The van der Waals surface area contributed by atoms with E-state index in [0.717, 1.165) is 29.9 Å². The zero-order chi connectivity index (χ0) is 21.0. The third kappa shape index (κ3) is 4.78. The molecule has 0 bridgehead atoms. The van der Waals surface area contributed by atoms with E-state index in [1.807, 2.05) is 56.3 Å². The molecule has 5 heteroatoms. The largest absolute Gasteiger partial charge is 0.372 e. The van der Waals surface area contributed by atoms with Crippen molar-refractivity contribution in [2.45, 2.75) is 47.0 Å². The fraction of sp³-hybridized carbons (Fsp3) is 0.417. The summed E-state index contributed by atoms with van der Waals surface area (Å²) >= 11 is 0. The Morgan fingerprint density at radius 1 is 0.862 bits per heavy atom. The van der Waals surface area contributed by atoms with Gasteiger partial charge in [-0.05, 0) is 88.4 Å². The van der Waals surface area contributed by atoms with Gasteiger partial charge in [-0.2, -0.15) is 0 Å². The molecule has 1 aliphatic rings. The summed E-state index contributed by atoms with van der Waals surface area (Å²) in [7, 11) is 0. The molecule has 2 amide bonds. The first-order chi connectivity index (χ1) is 13.8. The van der Waals surface area contributed by atoms with Gasteiger partial charge in [0.05, 0.1) is 0 Å². The highest BCUT2D eigenvalue weighted by Gasteiger charge is 2.36. The number of carbonyl (C=O) groups is 2. The Hall–Kier alpha value is -2.82. The van der Waals surface area contributed by atoms with Crippen LogP contribution in [0.3, 0.4) is 0 Å². The monoisotopic (exact) mass is 393 g/mol. The van der Waals surface area contributed by atoms with Gasteiger partial charge in [0.15, 0.2) is 0 Å². The molecule has 0 spiro atoms. The summed E-state index contributed by atoms with van der Waals surface area (Å²) in [6, 6.07) is 13.6. The van der Waals surface area contributed by atoms with Crippen molar-refractivity contribution in [2.24, 2.45) is 5.41 Å². The van der Waals surface area contributed by atoms with Gasteiger partial charge in [-0.25, -0.2) is 0 Å². The fourth-order valence-corrected chi connectivity index (χ4v) is 3.46. The zero-order valence-corrected chi connectivity index (χ0v) is 17.8.